The van der Waals surface area contributed by atoms with Crippen LogP contribution in [0.3, 0.4) is 0 Å². The second-order valence-electron chi connectivity index (χ2n) is 6.29. The van der Waals surface area contributed by atoms with Gasteiger partial charge in [0.25, 0.3) is 5.91 Å². The third-order valence-electron chi connectivity index (χ3n) is 4.22. The molecule has 148 valence electrons. The molecule has 1 heterocycles. The summed E-state index contributed by atoms with van der Waals surface area (Å²) in [6, 6.07) is 9.97. The van der Waals surface area contributed by atoms with Crippen molar-refractivity contribution >= 4 is 44.6 Å². The Morgan fingerprint density at radius 2 is 2.07 bits per heavy atom. The summed E-state index contributed by atoms with van der Waals surface area (Å²) in [5, 5.41) is 5.22. The fraction of sp³-hybridized carbons (Fsp3) is 0.263. The van der Waals surface area contributed by atoms with E-state index in [9.17, 15) is 18.0 Å². The topological polar surface area (TPSA) is 102 Å². The Morgan fingerprint density at radius 3 is 2.82 bits per heavy atom. The van der Waals surface area contributed by atoms with Crippen LogP contribution in [0.2, 0.25) is 5.02 Å². The number of nitrogens with one attached hydrogen (secondary N) is 2. The van der Waals surface area contributed by atoms with E-state index in [0.717, 1.165) is 12.0 Å². The number of sulfone groups is 1. The minimum atomic E-state index is -3.82. The van der Waals surface area contributed by atoms with Crippen LogP contribution in [0, 0.1) is 0 Å². The zero-order chi connectivity index (χ0) is 20.3. The van der Waals surface area contributed by atoms with Gasteiger partial charge in [-0.3, -0.25) is 9.59 Å². The van der Waals surface area contributed by atoms with Gasteiger partial charge >= 0.3 is 0 Å². The van der Waals surface area contributed by atoms with Crippen LogP contribution < -0.4 is 15.4 Å². The van der Waals surface area contributed by atoms with Crippen molar-refractivity contribution in [2.75, 3.05) is 23.0 Å². The largest absolute Gasteiger partial charge is 0.482 e. The average Bonchev–Trinajstić information content (AvgIpc) is 2.66. The Kier molecular flexibility index (Phi) is 5.90. The van der Waals surface area contributed by atoms with Crippen LogP contribution in [-0.4, -0.2) is 32.6 Å². The van der Waals surface area contributed by atoms with E-state index in [1.807, 2.05) is 25.1 Å². The SMILES string of the molecule is CCc1cccc(NC(=O)CCS(=O)(=O)c2cc3c(cc2Cl)NC(=O)CO3)c1. The normalized spacial score (nSPS) is 13.3. The van der Waals surface area contributed by atoms with Gasteiger partial charge in [0.05, 0.1) is 21.4 Å². The predicted octanol–water partition coefficient (Wildman–Crippen LogP) is 3.04. The molecule has 28 heavy (non-hydrogen) atoms. The van der Waals surface area contributed by atoms with Crippen LogP contribution in [0.5, 0.6) is 5.75 Å². The van der Waals surface area contributed by atoms with Crippen molar-refractivity contribution in [2.24, 2.45) is 0 Å². The number of benzene rings is 2. The Hall–Kier alpha value is -2.58. The minimum Gasteiger partial charge on any atom is -0.482 e. The molecule has 2 amide bonds. The molecule has 0 unspecified atom stereocenters. The number of hydrogen-bond donors (Lipinski definition) is 2. The first kappa shape index (κ1) is 20.2. The molecule has 1 aliphatic heterocycles. The molecular formula is C19H19ClN2O5S. The number of amides is 2. The lowest BCUT2D eigenvalue weighted by Crippen LogP contribution is -2.25. The van der Waals surface area contributed by atoms with E-state index in [0.29, 0.717) is 11.4 Å². The van der Waals surface area contributed by atoms with Gasteiger partial charge in [-0.15, -0.1) is 0 Å². The van der Waals surface area contributed by atoms with E-state index >= 15 is 0 Å². The molecule has 2 aromatic carbocycles. The van der Waals surface area contributed by atoms with Gasteiger partial charge in [-0.1, -0.05) is 30.7 Å². The molecule has 3 rings (SSSR count). The molecule has 0 aliphatic carbocycles. The summed E-state index contributed by atoms with van der Waals surface area (Å²) >= 11 is 6.09. The quantitative estimate of drug-likeness (QED) is 0.745. The fourth-order valence-corrected chi connectivity index (χ4v) is 4.58. The van der Waals surface area contributed by atoms with E-state index in [2.05, 4.69) is 10.6 Å². The lowest BCUT2D eigenvalue weighted by atomic mass is 10.1. The summed E-state index contributed by atoms with van der Waals surface area (Å²) in [7, 11) is -3.82. The first-order valence-electron chi connectivity index (χ1n) is 8.66. The van der Waals surface area contributed by atoms with E-state index in [4.69, 9.17) is 16.3 Å². The van der Waals surface area contributed by atoms with Gasteiger partial charge in [0, 0.05) is 18.2 Å². The Morgan fingerprint density at radius 1 is 1.29 bits per heavy atom. The highest BCUT2D eigenvalue weighted by molar-refractivity contribution is 7.91. The second kappa shape index (κ2) is 8.20. The molecule has 1 aliphatic rings. The molecule has 7 nitrogen and oxygen atoms in total. The van der Waals surface area contributed by atoms with Crippen LogP contribution >= 0.6 is 11.6 Å². The number of hydrogen-bond acceptors (Lipinski definition) is 5. The van der Waals surface area contributed by atoms with Crippen molar-refractivity contribution in [1.82, 2.24) is 0 Å². The number of aryl methyl sites for hydroxylation is 1. The number of fused-ring (bicyclic) bond motifs is 1. The maximum atomic E-state index is 12.7. The predicted molar refractivity (Wildman–Crippen MR) is 107 cm³/mol. The first-order chi connectivity index (χ1) is 13.3. The fourth-order valence-electron chi connectivity index (χ4n) is 2.75. The van der Waals surface area contributed by atoms with Crippen molar-refractivity contribution in [2.45, 2.75) is 24.7 Å². The highest BCUT2D eigenvalue weighted by Crippen LogP contribution is 2.36. The van der Waals surface area contributed by atoms with E-state index in [-0.39, 0.29) is 34.6 Å². The van der Waals surface area contributed by atoms with Gasteiger partial charge < -0.3 is 15.4 Å². The number of anilines is 2. The summed E-state index contributed by atoms with van der Waals surface area (Å²) in [4.78, 5) is 23.4. The smallest absolute Gasteiger partial charge is 0.262 e. The first-order valence-corrected chi connectivity index (χ1v) is 10.7. The Labute approximate surface area is 168 Å². The number of rotatable bonds is 6. The molecule has 0 bridgehead atoms. The van der Waals surface area contributed by atoms with Crippen LogP contribution in [0.1, 0.15) is 18.9 Å². The number of halogens is 1. The van der Waals surface area contributed by atoms with Gasteiger partial charge in [-0.25, -0.2) is 8.42 Å². The van der Waals surface area contributed by atoms with Crippen LogP contribution in [0.25, 0.3) is 0 Å². The standard InChI is InChI=1S/C19H19ClN2O5S/c1-2-12-4-3-5-13(8-12)21-18(23)6-7-28(25,26)17-10-16-15(9-14(17)20)22-19(24)11-27-16/h3-5,8-10H,2,6-7,11H2,1H3,(H,21,23)(H,22,24). The highest BCUT2D eigenvalue weighted by Gasteiger charge is 2.25. The van der Waals surface area contributed by atoms with Gasteiger partial charge in [-0.05, 0) is 30.2 Å². The van der Waals surface area contributed by atoms with E-state index < -0.39 is 21.5 Å². The Balaban J connectivity index is 1.70. The molecule has 0 fully saturated rings. The molecule has 0 radical (unpaired) electrons. The maximum Gasteiger partial charge on any atom is 0.262 e. The third-order valence-corrected chi connectivity index (χ3v) is 6.39. The average molecular weight is 423 g/mol. The van der Waals surface area contributed by atoms with E-state index in [1.165, 1.54) is 12.1 Å². The van der Waals surface area contributed by atoms with Crippen molar-refractivity contribution in [3.63, 3.8) is 0 Å². The van der Waals surface area contributed by atoms with Crippen molar-refractivity contribution in [3.8, 4) is 5.75 Å². The van der Waals surface area contributed by atoms with Crippen LogP contribution in [0.4, 0.5) is 11.4 Å². The summed E-state index contributed by atoms with van der Waals surface area (Å²) in [5.74, 6) is -0.933. The van der Waals surface area contributed by atoms with Gasteiger partial charge in [0.2, 0.25) is 5.91 Å². The summed E-state index contributed by atoms with van der Waals surface area (Å²) < 4.78 is 30.5. The lowest BCUT2D eigenvalue weighted by molar-refractivity contribution is -0.118. The maximum absolute atomic E-state index is 12.7. The van der Waals surface area contributed by atoms with Crippen molar-refractivity contribution in [3.05, 3.63) is 47.0 Å². The summed E-state index contributed by atoms with van der Waals surface area (Å²) in [5.41, 5.74) is 2.00. The third kappa shape index (κ3) is 4.63. The molecule has 0 spiro atoms. The van der Waals surface area contributed by atoms with Gasteiger partial charge in [0.1, 0.15) is 5.75 Å². The molecule has 2 aromatic rings. The molecule has 2 N–H and O–H groups in total. The van der Waals surface area contributed by atoms with Crippen LogP contribution in [0.15, 0.2) is 41.3 Å². The zero-order valence-electron chi connectivity index (χ0n) is 15.1. The lowest BCUT2D eigenvalue weighted by Gasteiger charge is -2.19. The zero-order valence-corrected chi connectivity index (χ0v) is 16.7. The molecule has 0 atom stereocenters. The van der Waals surface area contributed by atoms with Crippen LogP contribution in [-0.2, 0) is 25.8 Å². The van der Waals surface area contributed by atoms with Gasteiger partial charge in [0.15, 0.2) is 16.4 Å². The molecule has 0 saturated heterocycles. The number of carbonyl (C=O) groups is 2. The van der Waals surface area contributed by atoms with Gasteiger partial charge in [-0.2, -0.15) is 0 Å². The highest BCUT2D eigenvalue weighted by atomic mass is 35.5. The molecule has 0 aromatic heterocycles. The van der Waals surface area contributed by atoms with Crippen molar-refractivity contribution in [1.29, 1.82) is 0 Å². The van der Waals surface area contributed by atoms with Crippen molar-refractivity contribution < 1.29 is 22.7 Å². The molecule has 0 saturated carbocycles. The monoisotopic (exact) mass is 422 g/mol. The summed E-state index contributed by atoms with van der Waals surface area (Å²) in [6.45, 7) is 1.80. The number of carbonyl (C=O) groups excluding carboxylic acids is 2. The molecular weight excluding hydrogens is 404 g/mol. The molecule has 9 heteroatoms. The van der Waals surface area contributed by atoms with E-state index in [1.54, 1.807) is 6.07 Å². The minimum absolute atomic E-state index is 0.0411. The summed E-state index contributed by atoms with van der Waals surface area (Å²) in [6.07, 6.45) is 0.612. The number of ether oxygens (including phenoxy) is 1. The Bertz CT molecular complexity index is 1040. The second-order valence-corrected chi connectivity index (χ2v) is 8.77.